The van der Waals surface area contributed by atoms with E-state index < -0.39 is 0 Å². The molecule has 1 aliphatic heterocycles. The third-order valence-corrected chi connectivity index (χ3v) is 6.04. The van der Waals surface area contributed by atoms with Crippen molar-refractivity contribution < 1.29 is 0 Å². The summed E-state index contributed by atoms with van der Waals surface area (Å²) in [4.78, 5) is 26.2. The van der Waals surface area contributed by atoms with E-state index in [-0.39, 0.29) is 5.56 Å². The smallest absolute Gasteiger partial charge is 0.277 e. The van der Waals surface area contributed by atoms with Crippen LogP contribution in [0.1, 0.15) is 33.1 Å². The van der Waals surface area contributed by atoms with Gasteiger partial charge in [0.15, 0.2) is 0 Å². The molecule has 0 amide bonds. The summed E-state index contributed by atoms with van der Waals surface area (Å²) >= 11 is 0. The van der Waals surface area contributed by atoms with Crippen molar-refractivity contribution in [1.82, 2.24) is 20.2 Å². The van der Waals surface area contributed by atoms with Crippen LogP contribution in [-0.4, -0.2) is 46.3 Å². The third kappa shape index (κ3) is 4.49. The number of nitriles is 1. The lowest BCUT2D eigenvalue weighted by molar-refractivity contribution is 0.409. The monoisotopic (exact) mass is 432 g/mol. The molecule has 1 fully saturated rings. The largest absolute Gasteiger partial charge is 0.372 e. The molecule has 1 aliphatic rings. The number of hydrogen-bond donors (Lipinski definition) is 2. The van der Waals surface area contributed by atoms with Crippen molar-refractivity contribution in [3.05, 3.63) is 40.8 Å². The van der Waals surface area contributed by atoms with Crippen LogP contribution in [0.5, 0.6) is 0 Å². The van der Waals surface area contributed by atoms with Gasteiger partial charge in [0.05, 0.1) is 12.3 Å². The van der Waals surface area contributed by atoms with Gasteiger partial charge >= 0.3 is 0 Å². The van der Waals surface area contributed by atoms with Gasteiger partial charge in [0.25, 0.3) is 5.56 Å². The number of anilines is 4. The second kappa shape index (κ2) is 9.64. The highest BCUT2D eigenvalue weighted by molar-refractivity contribution is 5.90. The average Bonchev–Trinajstić information content (AvgIpc) is 2.81. The van der Waals surface area contributed by atoms with Crippen LogP contribution in [0.4, 0.5) is 23.1 Å². The standard InChI is InChI=1S/C23H28N8O/c1-3-30(4-2)18-7-5-17(6-8-18)26-21-20-19(15-25-29-22(20)32)27-23(28-21)31-13-10-16(9-12-24)11-14-31/h5-8,15-16H,3-4,9-11,13-14H2,1-2H3,(H,29,32)(H,26,27,28). The Morgan fingerprint density at radius 3 is 2.56 bits per heavy atom. The minimum absolute atomic E-state index is 0.330. The molecule has 166 valence electrons. The zero-order valence-electron chi connectivity index (χ0n) is 18.5. The number of nitrogens with one attached hydrogen (secondary N) is 2. The molecule has 1 saturated heterocycles. The van der Waals surface area contributed by atoms with E-state index in [0.717, 1.165) is 50.4 Å². The first-order valence-electron chi connectivity index (χ1n) is 11.1. The van der Waals surface area contributed by atoms with Crippen LogP contribution >= 0.6 is 0 Å². The summed E-state index contributed by atoms with van der Waals surface area (Å²) in [7, 11) is 0. The molecule has 0 radical (unpaired) electrons. The molecule has 0 atom stereocenters. The van der Waals surface area contributed by atoms with Gasteiger partial charge in [0, 0.05) is 44.0 Å². The molecule has 2 aromatic heterocycles. The van der Waals surface area contributed by atoms with Gasteiger partial charge in [-0.25, -0.2) is 10.1 Å². The first-order valence-corrected chi connectivity index (χ1v) is 11.1. The lowest BCUT2D eigenvalue weighted by atomic mass is 9.94. The molecule has 2 N–H and O–H groups in total. The van der Waals surface area contributed by atoms with Gasteiger partial charge in [0.2, 0.25) is 5.95 Å². The molecule has 0 unspecified atom stereocenters. The van der Waals surface area contributed by atoms with Crippen molar-refractivity contribution in [3.8, 4) is 6.07 Å². The quantitative estimate of drug-likeness (QED) is 0.584. The number of rotatable bonds is 7. The number of aromatic amines is 1. The molecule has 32 heavy (non-hydrogen) atoms. The number of piperidine rings is 1. The van der Waals surface area contributed by atoms with E-state index in [1.54, 1.807) is 6.20 Å². The lowest BCUT2D eigenvalue weighted by Gasteiger charge is -2.31. The molecule has 0 aliphatic carbocycles. The molecule has 0 spiro atoms. The van der Waals surface area contributed by atoms with Crippen molar-refractivity contribution in [1.29, 1.82) is 5.26 Å². The molecular weight excluding hydrogens is 404 g/mol. The summed E-state index contributed by atoms with van der Waals surface area (Å²) < 4.78 is 0. The van der Waals surface area contributed by atoms with Crippen LogP contribution in [0.15, 0.2) is 35.3 Å². The predicted octanol–water partition coefficient (Wildman–Crippen LogP) is 3.43. The molecule has 0 saturated carbocycles. The minimum atomic E-state index is -0.330. The Morgan fingerprint density at radius 2 is 1.91 bits per heavy atom. The van der Waals surface area contributed by atoms with E-state index in [4.69, 9.17) is 10.2 Å². The van der Waals surface area contributed by atoms with Crippen LogP contribution in [-0.2, 0) is 0 Å². The Bertz CT molecular complexity index is 1160. The second-order valence-corrected chi connectivity index (χ2v) is 7.97. The molecule has 1 aromatic carbocycles. The molecule has 3 heterocycles. The van der Waals surface area contributed by atoms with Crippen molar-refractivity contribution in [2.24, 2.45) is 5.92 Å². The molecule has 0 bridgehead atoms. The Kier molecular flexibility index (Phi) is 6.50. The number of benzene rings is 1. The highest BCUT2D eigenvalue weighted by Gasteiger charge is 2.22. The average molecular weight is 433 g/mol. The molecule has 9 nitrogen and oxygen atoms in total. The van der Waals surface area contributed by atoms with Crippen molar-refractivity contribution >= 4 is 34.0 Å². The zero-order chi connectivity index (χ0) is 22.5. The van der Waals surface area contributed by atoms with Crippen molar-refractivity contribution in [3.63, 3.8) is 0 Å². The van der Waals surface area contributed by atoms with E-state index in [9.17, 15) is 4.79 Å². The second-order valence-electron chi connectivity index (χ2n) is 7.97. The van der Waals surface area contributed by atoms with Crippen LogP contribution in [0.3, 0.4) is 0 Å². The number of nitrogens with zero attached hydrogens (tertiary/aromatic N) is 6. The maximum atomic E-state index is 12.5. The summed E-state index contributed by atoms with van der Waals surface area (Å²) in [6.45, 7) is 7.72. The summed E-state index contributed by atoms with van der Waals surface area (Å²) in [5, 5.41) is 19.1. The van der Waals surface area contributed by atoms with Crippen LogP contribution in [0.2, 0.25) is 0 Å². The third-order valence-electron chi connectivity index (χ3n) is 6.04. The van der Waals surface area contributed by atoms with Gasteiger partial charge < -0.3 is 15.1 Å². The van der Waals surface area contributed by atoms with Crippen LogP contribution in [0.25, 0.3) is 10.9 Å². The summed E-state index contributed by atoms with van der Waals surface area (Å²) in [5.41, 5.74) is 2.16. The van der Waals surface area contributed by atoms with Gasteiger partial charge in [-0.15, -0.1) is 0 Å². The first kappa shape index (κ1) is 21.6. The van der Waals surface area contributed by atoms with E-state index in [0.29, 0.717) is 35.0 Å². The highest BCUT2D eigenvalue weighted by atomic mass is 16.1. The van der Waals surface area contributed by atoms with Crippen molar-refractivity contribution in [2.45, 2.75) is 33.1 Å². The van der Waals surface area contributed by atoms with E-state index in [2.05, 4.69) is 62.3 Å². The normalized spacial score (nSPS) is 14.3. The van der Waals surface area contributed by atoms with Crippen LogP contribution < -0.4 is 20.7 Å². The Hall–Kier alpha value is -3.67. The Morgan fingerprint density at radius 1 is 1.19 bits per heavy atom. The van der Waals surface area contributed by atoms with E-state index in [1.807, 2.05) is 12.1 Å². The maximum absolute atomic E-state index is 12.5. The fourth-order valence-electron chi connectivity index (χ4n) is 4.17. The highest BCUT2D eigenvalue weighted by Crippen LogP contribution is 2.28. The minimum Gasteiger partial charge on any atom is -0.372 e. The molecular formula is C23H28N8O. The number of fused-ring (bicyclic) bond motifs is 1. The molecule has 4 rings (SSSR count). The predicted molar refractivity (Wildman–Crippen MR) is 126 cm³/mol. The zero-order valence-corrected chi connectivity index (χ0v) is 18.5. The number of aromatic nitrogens is 4. The van der Waals surface area contributed by atoms with Crippen molar-refractivity contribution in [2.75, 3.05) is 41.3 Å². The number of H-pyrrole nitrogens is 1. The van der Waals surface area contributed by atoms with Gasteiger partial charge in [-0.05, 0) is 56.9 Å². The fourth-order valence-corrected chi connectivity index (χ4v) is 4.17. The topological polar surface area (TPSA) is 114 Å². The Balaban J connectivity index is 1.64. The first-order chi connectivity index (χ1) is 15.6. The maximum Gasteiger partial charge on any atom is 0.277 e. The van der Waals surface area contributed by atoms with Gasteiger partial charge in [-0.1, -0.05) is 0 Å². The van der Waals surface area contributed by atoms with Gasteiger partial charge in [-0.3, -0.25) is 4.79 Å². The van der Waals surface area contributed by atoms with Gasteiger partial charge in [0.1, 0.15) is 16.7 Å². The molecule has 9 heteroatoms. The summed E-state index contributed by atoms with van der Waals surface area (Å²) in [5.74, 6) is 1.45. The van der Waals surface area contributed by atoms with E-state index in [1.165, 1.54) is 0 Å². The SMILES string of the molecule is CCN(CC)c1ccc(Nc2nc(N3CCC(CC#N)CC3)nc3cn[nH]c(=O)c23)cc1. The van der Waals surface area contributed by atoms with Crippen LogP contribution in [0, 0.1) is 17.2 Å². The summed E-state index contributed by atoms with van der Waals surface area (Å²) in [6, 6.07) is 10.4. The Labute approximate surface area is 187 Å². The fraction of sp³-hybridized carbons (Fsp3) is 0.435. The molecule has 3 aromatic rings. The summed E-state index contributed by atoms with van der Waals surface area (Å²) in [6.07, 6.45) is 4.00. The van der Waals surface area contributed by atoms with Gasteiger partial charge in [-0.2, -0.15) is 15.3 Å². The number of hydrogen-bond acceptors (Lipinski definition) is 8. The van der Waals surface area contributed by atoms with E-state index >= 15 is 0 Å². The lowest BCUT2D eigenvalue weighted by Crippen LogP contribution is -2.35.